The van der Waals surface area contributed by atoms with Gasteiger partial charge in [0.05, 0.1) is 16.3 Å². The van der Waals surface area contributed by atoms with Crippen molar-refractivity contribution < 1.29 is 8.42 Å². The molecule has 0 amide bonds. The molecule has 1 aromatic carbocycles. The zero-order valence-electron chi connectivity index (χ0n) is 10.00. The van der Waals surface area contributed by atoms with Crippen molar-refractivity contribution in [1.82, 2.24) is 15.2 Å². The van der Waals surface area contributed by atoms with Crippen molar-refractivity contribution in [2.45, 2.75) is 11.3 Å². The monoisotopic (exact) mass is 282 g/mol. The van der Waals surface area contributed by atoms with Gasteiger partial charge in [0.15, 0.2) is 0 Å². The summed E-state index contributed by atoms with van der Waals surface area (Å²) < 4.78 is 22.3. The number of nitrogen functional groups attached to an aromatic ring is 1. The number of sulfonamides is 1. The number of rotatable bonds is 5. The molecule has 0 aliphatic rings. The van der Waals surface area contributed by atoms with Gasteiger partial charge in [-0.1, -0.05) is 0 Å². The molecular weight excluding hydrogens is 268 g/mol. The molecule has 8 nitrogen and oxygen atoms in total. The lowest BCUT2D eigenvalue weighted by molar-refractivity contribution is 0.598. The molecule has 0 saturated heterocycles. The molecule has 0 atom stereocenters. The third-order valence-corrected chi connectivity index (χ3v) is 3.40. The van der Waals surface area contributed by atoms with Gasteiger partial charge in [0.1, 0.15) is 12.2 Å². The molecule has 102 valence electrons. The second-order valence-electron chi connectivity index (χ2n) is 3.90. The maximum Gasteiger partial charge on any atom is 0.238 e. The van der Waals surface area contributed by atoms with Gasteiger partial charge in [-0.15, -0.1) is 0 Å². The molecule has 2 aromatic rings. The SMILES string of the molecule is Nc1cc(S(N)(=O)=O)ccc1NCCc1ncn[nH]1. The summed E-state index contributed by atoms with van der Waals surface area (Å²) in [5.74, 6) is 0.757. The number of aromatic amines is 1. The summed E-state index contributed by atoms with van der Waals surface area (Å²) in [6.45, 7) is 0.591. The first-order chi connectivity index (χ1) is 8.97. The van der Waals surface area contributed by atoms with Crippen LogP contribution in [0.2, 0.25) is 0 Å². The van der Waals surface area contributed by atoms with Crippen molar-refractivity contribution in [3.05, 3.63) is 30.4 Å². The standard InChI is InChI=1S/C10H14N6O2S/c11-8-5-7(19(12,17)18)1-2-9(8)13-4-3-10-14-6-15-16-10/h1-2,5-6,13H,3-4,11H2,(H2,12,17,18)(H,14,15,16). The van der Waals surface area contributed by atoms with E-state index in [-0.39, 0.29) is 4.90 Å². The fraction of sp³-hybridized carbons (Fsp3) is 0.200. The van der Waals surface area contributed by atoms with Crippen LogP contribution in [0.25, 0.3) is 0 Å². The number of primary sulfonamides is 1. The summed E-state index contributed by atoms with van der Waals surface area (Å²) in [6, 6.07) is 4.31. The van der Waals surface area contributed by atoms with Crippen LogP contribution in [0.15, 0.2) is 29.4 Å². The average molecular weight is 282 g/mol. The van der Waals surface area contributed by atoms with Crippen molar-refractivity contribution >= 4 is 21.4 Å². The van der Waals surface area contributed by atoms with Crippen LogP contribution in [0.5, 0.6) is 0 Å². The Kier molecular flexibility index (Phi) is 3.67. The highest BCUT2D eigenvalue weighted by molar-refractivity contribution is 7.89. The van der Waals surface area contributed by atoms with Crippen LogP contribution in [0.4, 0.5) is 11.4 Å². The van der Waals surface area contributed by atoms with Crippen LogP contribution in [-0.2, 0) is 16.4 Å². The number of nitrogens with two attached hydrogens (primary N) is 2. The second kappa shape index (κ2) is 5.24. The summed E-state index contributed by atoms with van der Waals surface area (Å²) in [7, 11) is -3.73. The van der Waals surface area contributed by atoms with Gasteiger partial charge in [0, 0.05) is 13.0 Å². The Morgan fingerprint density at radius 1 is 1.37 bits per heavy atom. The smallest absolute Gasteiger partial charge is 0.238 e. The molecule has 9 heteroatoms. The van der Waals surface area contributed by atoms with Crippen molar-refractivity contribution in [1.29, 1.82) is 0 Å². The van der Waals surface area contributed by atoms with Gasteiger partial charge in [-0.25, -0.2) is 18.5 Å². The van der Waals surface area contributed by atoms with E-state index >= 15 is 0 Å². The topological polar surface area (TPSA) is 140 Å². The Bertz CT molecular complexity index is 653. The summed E-state index contributed by atoms with van der Waals surface area (Å²) in [5, 5.41) is 14.6. The van der Waals surface area contributed by atoms with Crippen LogP contribution < -0.4 is 16.2 Å². The van der Waals surface area contributed by atoms with Crippen LogP contribution >= 0.6 is 0 Å². The maximum absolute atomic E-state index is 11.1. The number of nitrogens with one attached hydrogen (secondary N) is 2. The molecule has 19 heavy (non-hydrogen) atoms. The van der Waals surface area contributed by atoms with Crippen molar-refractivity contribution in [3.63, 3.8) is 0 Å². The van der Waals surface area contributed by atoms with E-state index in [1.165, 1.54) is 18.5 Å². The van der Waals surface area contributed by atoms with Crippen LogP contribution in [-0.4, -0.2) is 30.1 Å². The number of benzene rings is 1. The van der Waals surface area contributed by atoms with Crippen LogP contribution in [0, 0.1) is 0 Å². The fourth-order valence-electron chi connectivity index (χ4n) is 1.55. The third-order valence-electron chi connectivity index (χ3n) is 2.49. The first-order valence-corrected chi connectivity index (χ1v) is 7.02. The lowest BCUT2D eigenvalue weighted by Crippen LogP contribution is -2.13. The van der Waals surface area contributed by atoms with Crippen molar-refractivity contribution in [2.75, 3.05) is 17.6 Å². The highest BCUT2D eigenvalue weighted by Gasteiger charge is 2.09. The first-order valence-electron chi connectivity index (χ1n) is 5.47. The summed E-state index contributed by atoms with van der Waals surface area (Å²) in [4.78, 5) is 3.97. The minimum atomic E-state index is -3.73. The fourth-order valence-corrected chi connectivity index (χ4v) is 2.09. The van der Waals surface area contributed by atoms with E-state index < -0.39 is 10.0 Å². The van der Waals surface area contributed by atoms with E-state index in [9.17, 15) is 8.42 Å². The number of aromatic nitrogens is 3. The minimum Gasteiger partial charge on any atom is -0.397 e. The van der Waals surface area contributed by atoms with Crippen LogP contribution in [0.3, 0.4) is 0 Å². The molecule has 1 aromatic heterocycles. The molecule has 6 N–H and O–H groups in total. The molecule has 0 fully saturated rings. The average Bonchev–Trinajstić information content (AvgIpc) is 2.83. The Balaban J connectivity index is 2.01. The van der Waals surface area contributed by atoms with Gasteiger partial charge in [-0.05, 0) is 18.2 Å². The maximum atomic E-state index is 11.1. The lowest BCUT2D eigenvalue weighted by Gasteiger charge is -2.09. The quantitative estimate of drug-likeness (QED) is 0.554. The van der Waals surface area contributed by atoms with Gasteiger partial charge >= 0.3 is 0 Å². The van der Waals surface area contributed by atoms with Gasteiger partial charge in [0.2, 0.25) is 10.0 Å². The van der Waals surface area contributed by atoms with Crippen LogP contribution in [0.1, 0.15) is 5.82 Å². The molecule has 0 aliphatic heterocycles. The predicted octanol–water partition coefficient (Wildman–Crippen LogP) is -0.311. The summed E-state index contributed by atoms with van der Waals surface area (Å²) in [6.07, 6.45) is 2.08. The molecule has 1 heterocycles. The zero-order valence-corrected chi connectivity index (χ0v) is 10.8. The van der Waals surface area contributed by atoms with Gasteiger partial charge in [-0.3, -0.25) is 5.10 Å². The Morgan fingerprint density at radius 2 is 2.16 bits per heavy atom. The number of hydrogen-bond donors (Lipinski definition) is 4. The number of nitrogens with zero attached hydrogens (tertiary/aromatic N) is 2. The molecular formula is C10H14N6O2S. The Labute approximate surface area is 110 Å². The molecule has 0 saturated carbocycles. The van der Waals surface area contributed by atoms with E-state index in [0.29, 0.717) is 24.3 Å². The predicted molar refractivity (Wildman–Crippen MR) is 70.8 cm³/mol. The largest absolute Gasteiger partial charge is 0.397 e. The van der Waals surface area contributed by atoms with Crippen molar-refractivity contribution in [3.8, 4) is 0 Å². The van der Waals surface area contributed by atoms with E-state index in [4.69, 9.17) is 10.9 Å². The van der Waals surface area contributed by atoms with E-state index in [0.717, 1.165) is 5.82 Å². The van der Waals surface area contributed by atoms with Gasteiger partial charge in [0.25, 0.3) is 0 Å². The van der Waals surface area contributed by atoms with E-state index in [1.807, 2.05) is 0 Å². The Hall–Kier alpha value is -2.13. The number of hydrogen-bond acceptors (Lipinski definition) is 6. The molecule has 2 rings (SSSR count). The second-order valence-corrected chi connectivity index (χ2v) is 5.46. The highest BCUT2D eigenvalue weighted by Crippen LogP contribution is 2.21. The van der Waals surface area contributed by atoms with E-state index in [2.05, 4.69) is 20.5 Å². The molecule has 0 bridgehead atoms. The molecule has 0 aliphatic carbocycles. The third kappa shape index (κ3) is 3.42. The number of H-pyrrole nitrogens is 1. The normalized spacial score (nSPS) is 11.4. The number of anilines is 2. The molecule has 0 radical (unpaired) electrons. The summed E-state index contributed by atoms with van der Waals surface area (Å²) in [5.41, 5.74) is 6.73. The summed E-state index contributed by atoms with van der Waals surface area (Å²) >= 11 is 0. The van der Waals surface area contributed by atoms with E-state index in [1.54, 1.807) is 6.07 Å². The first kappa shape index (κ1) is 13.3. The lowest BCUT2D eigenvalue weighted by atomic mass is 10.2. The van der Waals surface area contributed by atoms with Gasteiger partial charge < -0.3 is 11.1 Å². The zero-order chi connectivity index (χ0) is 13.9. The highest BCUT2D eigenvalue weighted by atomic mass is 32.2. The van der Waals surface area contributed by atoms with Gasteiger partial charge in [-0.2, -0.15) is 5.10 Å². The molecule has 0 unspecified atom stereocenters. The van der Waals surface area contributed by atoms with Crippen molar-refractivity contribution in [2.24, 2.45) is 5.14 Å². The minimum absolute atomic E-state index is 0.00853. The Morgan fingerprint density at radius 3 is 2.74 bits per heavy atom. The molecule has 0 spiro atoms.